The molecule has 1 aromatic heterocycles. The van der Waals surface area contributed by atoms with Crippen molar-refractivity contribution in [2.24, 2.45) is 10.8 Å². The van der Waals surface area contributed by atoms with E-state index in [1.165, 1.54) is 6.33 Å². The van der Waals surface area contributed by atoms with Gasteiger partial charge in [-0.05, 0) is 17.1 Å². The molecule has 12 heteroatoms. The van der Waals surface area contributed by atoms with Crippen molar-refractivity contribution in [2.75, 3.05) is 26.4 Å². The smallest absolute Gasteiger partial charge is 0.322 e. The van der Waals surface area contributed by atoms with Crippen LogP contribution in [0.4, 0.5) is 0 Å². The number of nitrogens with two attached hydrogens (primary N) is 1. The van der Waals surface area contributed by atoms with Gasteiger partial charge in [0.25, 0.3) is 0 Å². The number of hydrogen-bond donors (Lipinski definition) is 3. The van der Waals surface area contributed by atoms with Crippen LogP contribution in [-0.4, -0.2) is 52.4 Å². The van der Waals surface area contributed by atoms with Crippen LogP contribution in [0.3, 0.4) is 0 Å². The molecule has 0 aliphatic carbocycles. The highest BCUT2D eigenvalue weighted by molar-refractivity contribution is 5.00. The number of ether oxygens (including phenoxy) is 3. The first-order valence-corrected chi connectivity index (χ1v) is 6.44. The van der Waals surface area contributed by atoms with E-state index in [2.05, 4.69) is 25.0 Å². The molecule has 1 rings (SSSR count). The van der Waals surface area contributed by atoms with Gasteiger partial charge >= 0.3 is 12.0 Å². The molecular formula is C10H18N8O4. The third kappa shape index (κ3) is 6.47. The molecule has 1 unspecified atom stereocenters. The van der Waals surface area contributed by atoms with Gasteiger partial charge < -0.3 is 19.4 Å². The van der Waals surface area contributed by atoms with E-state index in [4.69, 9.17) is 30.7 Å². The van der Waals surface area contributed by atoms with E-state index in [9.17, 15) is 0 Å². The van der Waals surface area contributed by atoms with Crippen molar-refractivity contribution in [3.05, 3.63) is 16.8 Å². The maximum absolute atomic E-state index is 8.52. The fraction of sp³-hybridized carbons (Fsp3) is 0.700. The van der Waals surface area contributed by atoms with Crippen LogP contribution in [0.2, 0.25) is 0 Å². The molecule has 1 atom stereocenters. The van der Waals surface area contributed by atoms with Crippen molar-refractivity contribution in [3.63, 3.8) is 0 Å². The van der Waals surface area contributed by atoms with Crippen LogP contribution in [0, 0.1) is 0 Å². The van der Waals surface area contributed by atoms with Gasteiger partial charge in [0, 0.05) is 11.5 Å². The molecule has 0 saturated carbocycles. The van der Waals surface area contributed by atoms with Crippen molar-refractivity contribution < 1.29 is 19.4 Å². The first kappa shape index (κ1) is 17.8. The molecule has 122 valence electrons. The van der Waals surface area contributed by atoms with Crippen molar-refractivity contribution in [1.82, 2.24) is 20.4 Å². The first-order chi connectivity index (χ1) is 10.6. The monoisotopic (exact) mass is 314 g/mol. The fourth-order valence-corrected chi connectivity index (χ4v) is 1.22. The third-order valence-electron chi connectivity index (χ3n) is 2.15. The number of rotatable bonds is 11. The molecule has 22 heavy (non-hydrogen) atoms. The van der Waals surface area contributed by atoms with Crippen LogP contribution >= 0.6 is 0 Å². The zero-order valence-electron chi connectivity index (χ0n) is 12.0. The zero-order valence-corrected chi connectivity index (χ0v) is 12.0. The summed E-state index contributed by atoms with van der Waals surface area (Å²) in [6.07, 6.45) is 1.88. The van der Waals surface area contributed by atoms with E-state index in [0.717, 1.165) is 0 Å². The molecule has 0 saturated heterocycles. The van der Waals surface area contributed by atoms with Crippen LogP contribution in [0.1, 0.15) is 13.3 Å². The predicted molar refractivity (Wildman–Crippen MR) is 72.9 cm³/mol. The summed E-state index contributed by atoms with van der Waals surface area (Å²) < 4.78 is 15.6. The largest absolute Gasteiger partial charge is 0.462 e. The van der Waals surface area contributed by atoms with Crippen LogP contribution in [0.15, 0.2) is 11.4 Å². The highest BCUT2D eigenvalue weighted by atomic mass is 16.6. The van der Waals surface area contributed by atoms with E-state index in [-0.39, 0.29) is 31.8 Å². The Hall–Kier alpha value is -2.24. The SMILES string of the molecule is CCCOC(N)(COc1ncnc(OCCNO)n1)N=[N+]=[N-]. The van der Waals surface area contributed by atoms with Gasteiger partial charge in [0.1, 0.15) is 19.5 Å². The van der Waals surface area contributed by atoms with E-state index in [1.54, 1.807) is 0 Å². The van der Waals surface area contributed by atoms with Gasteiger partial charge in [0.05, 0.1) is 6.54 Å². The highest BCUT2D eigenvalue weighted by Crippen LogP contribution is 2.11. The topological polar surface area (TPSA) is 173 Å². The zero-order chi connectivity index (χ0) is 16.3. The third-order valence-corrected chi connectivity index (χ3v) is 2.15. The number of hydrogen-bond acceptors (Lipinski definition) is 10. The molecule has 0 spiro atoms. The molecule has 4 N–H and O–H groups in total. The van der Waals surface area contributed by atoms with Crippen LogP contribution < -0.4 is 20.7 Å². The molecular weight excluding hydrogens is 296 g/mol. The van der Waals surface area contributed by atoms with Crippen molar-refractivity contribution >= 4 is 0 Å². The van der Waals surface area contributed by atoms with Gasteiger partial charge in [-0.1, -0.05) is 6.92 Å². The molecule has 0 bridgehead atoms. The maximum Gasteiger partial charge on any atom is 0.322 e. The Balaban J connectivity index is 2.61. The molecule has 1 heterocycles. The molecule has 0 fully saturated rings. The Morgan fingerprint density at radius 1 is 1.41 bits per heavy atom. The lowest BCUT2D eigenvalue weighted by atomic mass is 10.4. The number of hydroxylamine groups is 1. The quantitative estimate of drug-likeness (QED) is 0.126. The van der Waals surface area contributed by atoms with Crippen LogP contribution in [0.5, 0.6) is 12.0 Å². The number of aromatic nitrogens is 3. The van der Waals surface area contributed by atoms with E-state index in [0.29, 0.717) is 13.0 Å². The Bertz CT molecular complexity index is 498. The molecule has 0 amide bonds. The molecule has 0 aromatic carbocycles. The highest BCUT2D eigenvalue weighted by Gasteiger charge is 2.26. The van der Waals surface area contributed by atoms with Crippen molar-refractivity contribution in [2.45, 2.75) is 19.2 Å². The molecule has 0 aliphatic heterocycles. The van der Waals surface area contributed by atoms with Crippen LogP contribution in [-0.2, 0) is 4.74 Å². The number of nitrogens with one attached hydrogen (secondary N) is 1. The first-order valence-electron chi connectivity index (χ1n) is 6.44. The Morgan fingerprint density at radius 3 is 2.77 bits per heavy atom. The predicted octanol–water partition coefficient (Wildman–Crippen LogP) is -0.0426. The average molecular weight is 314 g/mol. The fourth-order valence-electron chi connectivity index (χ4n) is 1.22. The minimum absolute atomic E-state index is 0.0149. The molecule has 12 nitrogen and oxygen atoms in total. The number of nitrogens with zero attached hydrogens (tertiary/aromatic N) is 6. The van der Waals surface area contributed by atoms with Crippen molar-refractivity contribution in [1.29, 1.82) is 0 Å². The molecule has 1 aromatic rings. The average Bonchev–Trinajstić information content (AvgIpc) is 2.52. The van der Waals surface area contributed by atoms with E-state index in [1.807, 2.05) is 12.4 Å². The summed E-state index contributed by atoms with van der Waals surface area (Å²) in [5, 5.41) is 11.8. The summed E-state index contributed by atoms with van der Waals surface area (Å²) in [6, 6.07) is -0.0499. The van der Waals surface area contributed by atoms with E-state index < -0.39 is 5.85 Å². The van der Waals surface area contributed by atoms with Gasteiger partial charge in [-0.2, -0.15) is 9.97 Å². The summed E-state index contributed by atoms with van der Waals surface area (Å²) in [6.45, 7) is 2.26. The summed E-state index contributed by atoms with van der Waals surface area (Å²) in [5.74, 6) is -1.65. The number of azide groups is 1. The molecule has 0 radical (unpaired) electrons. The Kier molecular flexibility index (Phi) is 7.81. The standard InChI is InChI=1S/C10H18N8O4/c1-2-4-22-10(11,17-18-12)6-21-9-14-7-13-8(16-9)20-5-3-15-19/h7,15,19H,2-6,11H2,1H3. The summed E-state index contributed by atoms with van der Waals surface area (Å²) >= 11 is 0. The van der Waals surface area contributed by atoms with Gasteiger partial charge in [-0.15, -0.1) is 4.98 Å². The van der Waals surface area contributed by atoms with Gasteiger partial charge in [0.2, 0.25) is 5.85 Å². The van der Waals surface area contributed by atoms with Crippen LogP contribution in [0.25, 0.3) is 10.4 Å². The normalized spacial score (nSPS) is 13.0. The van der Waals surface area contributed by atoms with Gasteiger partial charge in [0.15, 0.2) is 0 Å². The second kappa shape index (κ2) is 9.65. The lowest BCUT2D eigenvalue weighted by Gasteiger charge is -2.23. The van der Waals surface area contributed by atoms with Gasteiger partial charge in [-0.25, -0.2) is 5.48 Å². The van der Waals surface area contributed by atoms with E-state index >= 15 is 0 Å². The lowest BCUT2D eigenvalue weighted by molar-refractivity contribution is -0.0659. The van der Waals surface area contributed by atoms with Crippen molar-refractivity contribution in [3.8, 4) is 12.0 Å². The Labute approximate surface area is 126 Å². The lowest BCUT2D eigenvalue weighted by Crippen LogP contribution is -2.46. The Morgan fingerprint density at radius 2 is 2.14 bits per heavy atom. The summed E-state index contributed by atoms with van der Waals surface area (Å²) in [5.41, 5.74) is 16.2. The van der Waals surface area contributed by atoms with Gasteiger partial charge in [-0.3, -0.25) is 5.73 Å². The summed E-state index contributed by atoms with van der Waals surface area (Å²) in [4.78, 5) is 14.0. The summed E-state index contributed by atoms with van der Waals surface area (Å²) in [7, 11) is 0. The minimum Gasteiger partial charge on any atom is -0.462 e. The second-order valence-electron chi connectivity index (χ2n) is 3.98. The molecule has 0 aliphatic rings. The second-order valence-corrected chi connectivity index (χ2v) is 3.98. The maximum atomic E-state index is 8.52. The minimum atomic E-state index is -1.65.